The summed E-state index contributed by atoms with van der Waals surface area (Å²) >= 11 is 3.13. The van der Waals surface area contributed by atoms with E-state index < -0.39 is 0 Å². The zero-order valence-corrected chi connectivity index (χ0v) is 17.3. The van der Waals surface area contributed by atoms with Crippen LogP contribution in [0.1, 0.15) is 10.9 Å². The number of anilines is 2. The van der Waals surface area contributed by atoms with E-state index in [1.807, 2.05) is 89.8 Å². The minimum absolute atomic E-state index is 0.0389. The van der Waals surface area contributed by atoms with Crippen LogP contribution in [0.15, 0.2) is 89.8 Å². The van der Waals surface area contributed by atoms with Gasteiger partial charge in [-0.25, -0.2) is 0 Å². The van der Waals surface area contributed by atoms with Gasteiger partial charge in [-0.15, -0.1) is 23.5 Å². The summed E-state index contributed by atoms with van der Waals surface area (Å²) in [5.74, 6) is 0.902. The molecule has 29 heavy (non-hydrogen) atoms. The van der Waals surface area contributed by atoms with Crippen LogP contribution in [-0.4, -0.2) is 23.3 Å². The van der Waals surface area contributed by atoms with Crippen molar-refractivity contribution in [3.05, 3.63) is 90.5 Å². The molecule has 3 aromatic rings. The van der Waals surface area contributed by atoms with Gasteiger partial charge in [0.15, 0.2) is 0 Å². The number of hydrogen-bond acceptors (Lipinski definition) is 4. The predicted molar refractivity (Wildman–Crippen MR) is 121 cm³/mol. The molecule has 1 aliphatic heterocycles. The van der Waals surface area contributed by atoms with Gasteiger partial charge >= 0.3 is 0 Å². The zero-order chi connectivity index (χ0) is 20.1. The van der Waals surface area contributed by atoms with E-state index in [0.29, 0.717) is 11.5 Å². The minimum Gasteiger partial charge on any atom is -0.325 e. The first-order valence-corrected chi connectivity index (χ1v) is 11.3. The molecule has 0 aliphatic carbocycles. The molecule has 0 radical (unpaired) electrons. The lowest BCUT2D eigenvalue weighted by Crippen LogP contribution is -2.27. The highest BCUT2D eigenvalue weighted by atomic mass is 32.2. The van der Waals surface area contributed by atoms with Gasteiger partial charge in [0.25, 0.3) is 0 Å². The summed E-state index contributed by atoms with van der Waals surface area (Å²) in [6.07, 6.45) is 0. The Labute approximate surface area is 178 Å². The van der Waals surface area contributed by atoms with E-state index in [1.54, 1.807) is 11.8 Å². The molecule has 0 bridgehead atoms. The van der Waals surface area contributed by atoms with E-state index in [0.717, 1.165) is 21.8 Å². The number of nitrogens with one attached hydrogen (secondary N) is 1. The lowest BCUT2D eigenvalue weighted by Gasteiger charge is -2.24. The minimum atomic E-state index is -0.0525. The van der Waals surface area contributed by atoms with Crippen molar-refractivity contribution < 1.29 is 9.59 Å². The van der Waals surface area contributed by atoms with E-state index in [1.165, 1.54) is 11.8 Å². The Morgan fingerprint density at radius 2 is 1.62 bits per heavy atom. The number of benzene rings is 3. The van der Waals surface area contributed by atoms with Gasteiger partial charge in [-0.05, 0) is 42.0 Å². The molecule has 4 nitrogen and oxygen atoms in total. The second-order valence-corrected chi connectivity index (χ2v) is 8.65. The normalized spacial score (nSPS) is 16.1. The number of carbonyl (C=O) groups excluding carboxylic acids is 2. The molecule has 1 unspecified atom stereocenters. The predicted octanol–water partition coefficient (Wildman–Crippen LogP) is 5.20. The van der Waals surface area contributed by atoms with E-state index >= 15 is 0 Å². The molecule has 3 aromatic carbocycles. The lowest BCUT2D eigenvalue weighted by molar-refractivity contribution is -0.116. The van der Waals surface area contributed by atoms with Crippen LogP contribution in [0.5, 0.6) is 0 Å². The molecule has 4 rings (SSSR count). The van der Waals surface area contributed by atoms with Gasteiger partial charge in [0.2, 0.25) is 11.8 Å². The van der Waals surface area contributed by atoms with Crippen molar-refractivity contribution in [1.29, 1.82) is 0 Å². The summed E-state index contributed by atoms with van der Waals surface area (Å²) in [7, 11) is 0. The first-order valence-electron chi connectivity index (χ1n) is 9.27. The van der Waals surface area contributed by atoms with Gasteiger partial charge in [-0.3, -0.25) is 14.5 Å². The first-order chi connectivity index (χ1) is 14.2. The van der Waals surface area contributed by atoms with Crippen LogP contribution in [0, 0.1) is 0 Å². The highest BCUT2D eigenvalue weighted by Crippen LogP contribution is 2.41. The van der Waals surface area contributed by atoms with E-state index in [4.69, 9.17) is 0 Å². The topological polar surface area (TPSA) is 49.4 Å². The molecule has 0 spiro atoms. The zero-order valence-electron chi connectivity index (χ0n) is 15.7. The monoisotopic (exact) mass is 420 g/mol. The van der Waals surface area contributed by atoms with Crippen molar-refractivity contribution in [3.63, 3.8) is 0 Å². The first kappa shape index (κ1) is 19.6. The summed E-state index contributed by atoms with van der Waals surface area (Å²) in [4.78, 5) is 27.5. The van der Waals surface area contributed by atoms with Crippen LogP contribution in [0.2, 0.25) is 0 Å². The van der Waals surface area contributed by atoms with Crippen LogP contribution < -0.4 is 10.2 Å². The molecule has 1 atom stereocenters. The fraction of sp³-hybridized carbons (Fsp3) is 0.130. The fourth-order valence-electron chi connectivity index (χ4n) is 3.13. The Morgan fingerprint density at radius 3 is 2.31 bits per heavy atom. The molecule has 0 aromatic heterocycles. The van der Waals surface area contributed by atoms with Gasteiger partial charge in [0.05, 0.1) is 11.5 Å². The van der Waals surface area contributed by atoms with Crippen molar-refractivity contribution in [2.75, 3.05) is 21.7 Å². The van der Waals surface area contributed by atoms with Crippen LogP contribution in [-0.2, 0) is 9.59 Å². The van der Waals surface area contributed by atoms with Crippen molar-refractivity contribution in [2.45, 2.75) is 10.3 Å². The van der Waals surface area contributed by atoms with Gasteiger partial charge in [-0.1, -0.05) is 48.5 Å². The maximum Gasteiger partial charge on any atom is 0.238 e. The van der Waals surface area contributed by atoms with Crippen LogP contribution >= 0.6 is 23.5 Å². The van der Waals surface area contributed by atoms with Crippen molar-refractivity contribution in [1.82, 2.24) is 0 Å². The Bertz CT molecular complexity index is 979. The number of amides is 2. The quantitative estimate of drug-likeness (QED) is 0.557. The highest BCUT2D eigenvalue weighted by molar-refractivity contribution is 8.00. The third-order valence-corrected chi connectivity index (χ3v) is 6.72. The average molecular weight is 421 g/mol. The number of para-hydroxylation sites is 1. The van der Waals surface area contributed by atoms with Gasteiger partial charge in [0, 0.05) is 16.3 Å². The van der Waals surface area contributed by atoms with Crippen molar-refractivity contribution in [3.8, 4) is 0 Å². The van der Waals surface area contributed by atoms with E-state index in [-0.39, 0.29) is 17.2 Å². The lowest BCUT2D eigenvalue weighted by atomic mass is 10.1. The fourth-order valence-corrected chi connectivity index (χ4v) is 5.03. The summed E-state index contributed by atoms with van der Waals surface area (Å²) < 4.78 is 0. The number of carbonyl (C=O) groups is 2. The average Bonchev–Trinajstić information content (AvgIpc) is 3.15. The molecule has 1 fully saturated rings. The number of hydrogen-bond donors (Lipinski definition) is 1. The molecular formula is C23H20N2O2S2. The van der Waals surface area contributed by atoms with Crippen LogP contribution in [0.25, 0.3) is 0 Å². The van der Waals surface area contributed by atoms with Crippen molar-refractivity contribution in [2.24, 2.45) is 0 Å². The summed E-state index contributed by atoms with van der Waals surface area (Å²) in [6, 6.07) is 27.3. The van der Waals surface area contributed by atoms with Crippen LogP contribution in [0.3, 0.4) is 0 Å². The SMILES string of the molecule is O=C(CSc1ccccc1)Nc1ccc(C2SCC(=O)N2c2ccccc2)cc1. The third-order valence-electron chi connectivity index (χ3n) is 4.49. The van der Waals surface area contributed by atoms with E-state index in [2.05, 4.69) is 5.32 Å². The summed E-state index contributed by atoms with van der Waals surface area (Å²) in [5.41, 5.74) is 2.71. The molecule has 1 saturated heterocycles. The third kappa shape index (κ3) is 4.83. The number of rotatable bonds is 6. The molecule has 6 heteroatoms. The van der Waals surface area contributed by atoms with Gasteiger partial charge < -0.3 is 5.32 Å². The molecule has 146 valence electrons. The van der Waals surface area contributed by atoms with Gasteiger partial charge in [0.1, 0.15) is 5.37 Å². The Hall–Kier alpha value is -2.70. The second kappa shape index (κ2) is 9.20. The molecular weight excluding hydrogens is 400 g/mol. The second-order valence-electron chi connectivity index (χ2n) is 6.53. The maximum absolute atomic E-state index is 12.4. The summed E-state index contributed by atoms with van der Waals surface area (Å²) in [6.45, 7) is 0. The molecule has 1 heterocycles. The van der Waals surface area contributed by atoms with Crippen LogP contribution in [0.4, 0.5) is 11.4 Å². The molecule has 1 N–H and O–H groups in total. The number of thioether (sulfide) groups is 2. The smallest absolute Gasteiger partial charge is 0.238 e. The maximum atomic E-state index is 12.4. The molecule has 0 saturated carbocycles. The Balaban J connectivity index is 1.39. The highest BCUT2D eigenvalue weighted by Gasteiger charge is 2.33. The van der Waals surface area contributed by atoms with Crippen molar-refractivity contribution >= 4 is 46.7 Å². The number of nitrogens with zero attached hydrogens (tertiary/aromatic N) is 1. The molecule has 2 amide bonds. The largest absolute Gasteiger partial charge is 0.325 e. The molecule has 1 aliphatic rings. The Kier molecular flexibility index (Phi) is 6.22. The van der Waals surface area contributed by atoms with E-state index in [9.17, 15) is 9.59 Å². The summed E-state index contributed by atoms with van der Waals surface area (Å²) in [5, 5.41) is 2.88. The van der Waals surface area contributed by atoms with Gasteiger partial charge in [-0.2, -0.15) is 0 Å². The Morgan fingerprint density at radius 1 is 0.966 bits per heavy atom. The standard InChI is InChI=1S/C23H20N2O2S2/c26-21(15-28-20-9-5-2-6-10-20)24-18-13-11-17(12-14-18)23-25(22(27)16-29-23)19-7-3-1-4-8-19/h1-14,23H,15-16H2,(H,24,26).